The van der Waals surface area contributed by atoms with Crippen molar-refractivity contribution in [3.63, 3.8) is 0 Å². The molecule has 0 spiro atoms. The zero-order chi connectivity index (χ0) is 18.7. The molecule has 0 radical (unpaired) electrons. The van der Waals surface area contributed by atoms with Crippen LogP contribution in [0.3, 0.4) is 0 Å². The maximum atomic E-state index is 12.4. The van der Waals surface area contributed by atoms with Gasteiger partial charge in [0.15, 0.2) is 0 Å². The van der Waals surface area contributed by atoms with E-state index in [4.69, 9.17) is 14.0 Å². The zero-order valence-corrected chi connectivity index (χ0v) is 14.5. The largest absolute Gasteiger partial charge is 0.455 e. The number of aryl methyl sites for hydroxylation is 1. The lowest BCUT2D eigenvalue weighted by atomic mass is 10.1. The first-order valence-corrected chi connectivity index (χ1v) is 8.09. The molecule has 0 atom stereocenters. The molecule has 26 heavy (non-hydrogen) atoms. The number of ether oxygens (including phenoxy) is 2. The average Bonchev–Trinajstić information content (AvgIpc) is 3.16. The third-order valence-corrected chi connectivity index (χ3v) is 3.96. The number of esters is 1. The number of hydrogen-bond donors (Lipinski definition) is 0. The van der Waals surface area contributed by atoms with Crippen molar-refractivity contribution in [1.82, 2.24) is 10.1 Å². The highest BCUT2D eigenvalue weighted by molar-refractivity contribution is 6.21. The minimum atomic E-state index is -0.605. The Morgan fingerprint density at radius 3 is 2.65 bits per heavy atom. The molecule has 3 rings (SSSR count). The molecule has 0 aliphatic carbocycles. The first kappa shape index (κ1) is 17.8. The summed E-state index contributed by atoms with van der Waals surface area (Å²) in [4.78, 5) is 38.1. The highest BCUT2D eigenvalue weighted by atomic mass is 16.5. The molecule has 0 bridgehead atoms. The summed E-state index contributed by atoms with van der Waals surface area (Å²) in [5.41, 5.74) is 1.19. The third kappa shape index (κ3) is 3.50. The summed E-state index contributed by atoms with van der Waals surface area (Å²) in [6.45, 7) is 2.42. The summed E-state index contributed by atoms with van der Waals surface area (Å²) in [5, 5.41) is 3.74. The normalized spacial score (nSPS) is 13.2. The maximum absolute atomic E-state index is 12.4. The highest BCUT2D eigenvalue weighted by Crippen LogP contribution is 2.24. The molecule has 1 aliphatic heterocycles. The average molecular weight is 358 g/mol. The smallest absolute Gasteiger partial charge is 0.338 e. The van der Waals surface area contributed by atoms with Crippen LogP contribution < -0.4 is 0 Å². The van der Waals surface area contributed by atoms with Gasteiger partial charge in [-0.05, 0) is 31.5 Å². The van der Waals surface area contributed by atoms with Crippen molar-refractivity contribution in [1.29, 1.82) is 0 Å². The second-order valence-electron chi connectivity index (χ2n) is 5.87. The molecule has 1 aliphatic rings. The van der Waals surface area contributed by atoms with Gasteiger partial charge in [0, 0.05) is 26.3 Å². The fourth-order valence-electron chi connectivity index (χ4n) is 2.70. The SMILES string of the molecule is COCCCN1C(=O)c2ccc(C(=O)OCc3cc(C)on3)cc2C1=O. The van der Waals surface area contributed by atoms with Gasteiger partial charge in [0.25, 0.3) is 11.8 Å². The number of amides is 2. The van der Waals surface area contributed by atoms with Gasteiger partial charge in [0.2, 0.25) is 0 Å². The third-order valence-electron chi connectivity index (χ3n) is 3.96. The van der Waals surface area contributed by atoms with Crippen molar-refractivity contribution in [2.75, 3.05) is 20.3 Å². The molecule has 1 aromatic heterocycles. The number of fused-ring (bicyclic) bond motifs is 1. The van der Waals surface area contributed by atoms with Crippen LogP contribution >= 0.6 is 0 Å². The van der Waals surface area contributed by atoms with Crippen molar-refractivity contribution < 1.29 is 28.4 Å². The molecule has 2 aromatic rings. The molecule has 8 heteroatoms. The number of methoxy groups -OCH3 is 1. The van der Waals surface area contributed by atoms with E-state index in [1.165, 1.54) is 18.2 Å². The fourth-order valence-corrected chi connectivity index (χ4v) is 2.70. The van der Waals surface area contributed by atoms with Crippen molar-refractivity contribution >= 4 is 17.8 Å². The summed E-state index contributed by atoms with van der Waals surface area (Å²) in [7, 11) is 1.56. The Kier molecular flexibility index (Phi) is 5.13. The van der Waals surface area contributed by atoms with Crippen LogP contribution in [0.15, 0.2) is 28.8 Å². The van der Waals surface area contributed by atoms with E-state index in [1.807, 2.05) is 0 Å². The molecular weight excluding hydrogens is 340 g/mol. The molecule has 0 saturated heterocycles. The molecule has 0 fully saturated rings. The topological polar surface area (TPSA) is 98.9 Å². The molecule has 0 N–H and O–H groups in total. The second-order valence-corrected chi connectivity index (χ2v) is 5.87. The standard InChI is InChI=1S/C18H18N2O6/c1-11-8-13(19-26-11)10-25-18(23)12-4-5-14-15(9-12)17(22)20(16(14)21)6-3-7-24-2/h4-5,8-9H,3,6-7,10H2,1-2H3. The first-order chi connectivity index (χ1) is 12.5. The fraction of sp³-hybridized carbons (Fsp3) is 0.333. The van der Waals surface area contributed by atoms with E-state index in [1.54, 1.807) is 20.1 Å². The van der Waals surface area contributed by atoms with E-state index in [9.17, 15) is 14.4 Å². The Morgan fingerprint density at radius 2 is 1.96 bits per heavy atom. The quantitative estimate of drug-likeness (QED) is 0.424. The van der Waals surface area contributed by atoms with E-state index in [-0.39, 0.29) is 35.7 Å². The number of carbonyl (C=O) groups is 3. The van der Waals surface area contributed by atoms with Gasteiger partial charge in [-0.1, -0.05) is 5.16 Å². The molecule has 8 nitrogen and oxygen atoms in total. The predicted molar refractivity (Wildman–Crippen MR) is 88.7 cm³/mol. The van der Waals surface area contributed by atoms with Gasteiger partial charge in [0.05, 0.1) is 16.7 Å². The molecular formula is C18H18N2O6. The Hall–Kier alpha value is -3.00. The summed E-state index contributed by atoms with van der Waals surface area (Å²) in [5.74, 6) is -0.764. The van der Waals surface area contributed by atoms with Crippen molar-refractivity contribution in [3.8, 4) is 0 Å². The Morgan fingerprint density at radius 1 is 1.19 bits per heavy atom. The minimum absolute atomic E-state index is 0.0384. The summed E-state index contributed by atoms with van der Waals surface area (Å²) in [6, 6.07) is 6.00. The number of imide groups is 1. The van der Waals surface area contributed by atoms with Crippen LogP contribution in [0.5, 0.6) is 0 Å². The number of rotatable bonds is 7. The zero-order valence-electron chi connectivity index (χ0n) is 14.5. The van der Waals surface area contributed by atoms with E-state index >= 15 is 0 Å². The maximum Gasteiger partial charge on any atom is 0.338 e. The second kappa shape index (κ2) is 7.49. The number of benzene rings is 1. The van der Waals surface area contributed by atoms with Crippen LogP contribution in [0, 0.1) is 6.92 Å². The first-order valence-electron chi connectivity index (χ1n) is 8.09. The van der Waals surface area contributed by atoms with Gasteiger partial charge in [-0.15, -0.1) is 0 Å². The molecule has 2 heterocycles. The van der Waals surface area contributed by atoms with Gasteiger partial charge in [-0.3, -0.25) is 14.5 Å². The van der Waals surface area contributed by atoms with E-state index in [0.29, 0.717) is 24.5 Å². The van der Waals surface area contributed by atoms with Crippen molar-refractivity contribution in [3.05, 3.63) is 52.4 Å². The van der Waals surface area contributed by atoms with Gasteiger partial charge in [-0.25, -0.2) is 4.79 Å². The molecule has 0 unspecified atom stereocenters. The molecule has 0 saturated carbocycles. The molecule has 136 valence electrons. The van der Waals surface area contributed by atoms with E-state index in [0.717, 1.165) is 4.90 Å². The number of nitrogens with zero attached hydrogens (tertiary/aromatic N) is 2. The monoisotopic (exact) mass is 358 g/mol. The molecule has 1 aromatic carbocycles. The Bertz CT molecular complexity index is 857. The van der Waals surface area contributed by atoms with Crippen LogP contribution in [0.2, 0.25) is 0 Å². The Labute approximate surface area is 149 Å². The number of carbonyl (C=O) groups excluding carboxylic acids is 3. The molecule has 2 amide bonds. The van der Waals surface area contributed by atoms with Crippen LogP contribution in [0.25, 0.3) is 0 Å². The van der Waals surface area contributed by atoms with E-state index in [2.05, 4.69) is 5.16 Å². The highest BCUT2D eigenvalue weighted by Gasteiger charge is 2.35. The summed E-state index contributed by atoms with van der Waals surface area (Å²) >= 11 is 0. The van der Waals surface area contributed by atoms with E-state index < -0.39 is 11.9 Å². The minimum Gasteiger partial charge on any atom is -0.455 e. The predicted octanol–water partition coefficient (Wildman–Crippen LogP) is 1.97. The lowest BCUT2D eigenvalue weighted by molar-refractivity contribution is 0.0463. The van der Waals surface area contributed by atoms with Gasteiger partial charge >= 0.3 is 5.97 Å². The Balaban J connectivity index is 1.70. The van der Waals surface area contributed by atoms with Crippen molar-refractivity contribution in [2.24, 2.45) is 0 Å². The summed E-state index contributed by atoms with van der Waals surface area (Å²) < 4.78 is 15.0. The van der Waals surface area contributed by atoms with Crippen LogP contribution in [0.4, 0.5) is 0 Å². The van der Waals surface area contributed by atoms with Crippen LogP contribution in [-0.4, -0.2) is 48.1 Å². The van der Waals surface area contributed by atoms with Crippen LogP contribution in [-0.2, 0) is 16.1 Å². The van der Waals surface area contributed by atoms with Gasteiger partial charge in [-0.2, -0.15) is 0 Å². The lowest BCUT2D eigenvalue weighted by Crippen LogP contribution is -2.31. The van der Waals surface area contributed by atoms with Gasteiger partial charge < -0.3 is 14.0 Å². The van der Waals surface area contributed by atoms with Crippen molar-refractivity contribution in [2.45, 2.75) is 20.0 Å². The van der Waals surface area contributed by atoms with Gasteiger partial charge in [0.1, 0.15) is 18.1 Å². The summed E-state index contributed by atoms with van der Waals surface area (Å²) in [6.07, 6.45) is 0.550. The lowest BCUT2D eigenvalue weighted by Gasteiger charge is -2.12. The van der Waals surface area contributed by atoms with Crippen LogP contribution in [0.1, 0.15) is 48.9 Å². The number of hydrogen-bond acceptors (Lipinski definition) is 7. The number of aromatic nitrogens is 1.